The van der Waals surface area contributed by atoms with E-state index in [4.69, 9.17) is 9.47 Å². The number of benzene rings is 2. The van der Waals surface area contributed by atoms with Gasteiger partial charge in [-0.15, -0.1) is 0 Å². The molecule has 1 aliphatic carbocycles. The average Bonchev–Trinajstić information content (AvgIpc) is 3.41. The molecule has 2 fully saturated rings. The van der Waals surface area contributed by atoms with Crippen molar-refractivity contribution in [1.29, 1.82) is 0 Å². The van der Waals surface area contributed by atoms with Gasteiger partial charge in [0.15, 0.2) is 0 Å². The van der Waals surface area contributed by atoms with Gasteiger partial charge in [-0.05, 0) is 42.9 Å². The molecule has 3 aliphatic rings. The highest BCUT2D eigenvalue weighted by Crippen LogP contribution is 2.50. The predicted molar refractivity (Wildman–Crippen MR) is 111 cm³/mol. The Balaban J connectivity index is 1.50. The summed E-state index contributed by atoms with van der Waals surface area (Å²) in [7, 11) is 0. The number of hydrogen-bond acceptors (Lipinski definition) is 3. The van der Waals surface area contributed by atoms with Crippen molar-refractivity contribution >= 4 is 5.91 Å². The maximum absolute atomic E-state index is 14.1. The number of ether oxygens (including phenoxy) is 2. The van der Waals surface area contributed by atoms with E-state index in [9.17, 15) is 4.79 Å². The lowest BCUT2D eigenvalue weighted by atomic mass is 9.82. The minimum absolute atomic E-state index is 0.000653. The summed E-state index contributed by atoms with van der Waals surface area (Å²) in [4.78, 5) is 16.1. The second-order valence-corrected chi connectivity index (χ2v) is 9.16. The fourth-order valence-electron chi connectivity index (χ4n) is 5.29. The van der Waals surface area contributed by atoms with E-state index in [0.29, 0.717) is 0 Å². The van der Waals surface area contributed by atoms with Crippen LogP contribution < -0.4 is 0 Å². The highest BCUT2D eigenvalue weighted by Gasteiger charge is 2.55. The van der Waals surface area contributed by atoms with Crippen molar-refractivity contribution in [3.63, 3.8) is 0 Å². The summed E-state index contributed by atoms with van der Waals surface area (Å²) in [6.45, 7) is 7.00. The van der Waals surface area contributed by atoms with Gasteiger partial charge in [0.25, 0.3) is 0 Å². The maximum atomic E-state index is 14.1. The Morgan fingerprint density at radius 2 is 1.83 bits per heavy atom. The van der Waals surface area contributed by atoms with Crippen LogP contribution in [0.15, 0.2) is 54.6 Å². The van der Waals surface area contributed by atoms with Crippen LogP contribution in [-0.4, -0.2) is 35.3 Å². The van der Waals surface area contributed by atoms with Crippen LogP contribution in [-0.2, 0) is 20.7 Å². The van der Waals surface area contributed by atoms with E-state index in [0.717, 1.165) is 19.4 Å². The van der Waals surface area contributed by atoms with Crippen LogP contribution >= 0.6 is 0 Å². The van der Waals surface area contributed by atoms with Gasteiger partial charge in [0.1, 0.15) is 5.72 Å². The molecule has 0 radical (unpaired) electrons. The van der Waals surface area contributed by atoms with E-state index in [2.05, 4.69) is 43.3 Å². The largest absolute Gasteiger partial charge is 0.373 e. The molecule has 0 unspecified atom stereocenters. The Morgan fingerprint density at radius 3 is 2.55 bits per heavy atom. The van der Waals surface area contributed by atoms with Crippen LogP contribution in [0, 0.1) is 5.92 Å². The first kappa shape index (κ1) is 18.8. The van der Waals surface area contributed by atoms with E-state index in [-0.39, 0.29) is 36.0 Å². The summed E-state index contributed by atoms with van der Waals surface area (Å²) in [6, 6.07) is 18.8. The van der Waals surface area contributed by atoms with Crippen LogP contribution in [0.5, 0.6) is 0 Å². The Hall–Kier alpha value is -2.17. The van der Waals surface area contributed by atoms with Crippen molar-refractivity contribution in [2.45, 2.75) is 63.5 Å². The van der Waals surface area contributed by atoms with Gasteiger partial charge in [0.2, 0.25) is 5.91 Å². The maximum Gasteiger partial charge on any atom is 0.229 e. The fourth-order valence-corrected chi connectivity index (χ4v) is 5.29. The van der Waals surface area contributed by atoms with E-state index in [1.165, 1.54) is 16.7 Å². The van der Waals surface area contributed by atoms with Crippen LogP contribution in [0.2, 0.25) is 0 Å². The number of amides is 1. The molecule has 152 valence electrons. The molecule has 0 spiro atoms. The highest BCUT2D eigenvalue weighted by molar-refractivity contribution is 5.82. The molecule has 2 aromatic rings. The topological polar surface area (TPSA) is 42.1 Å². The molecule has 5 rings (SSSR count). The van der Waals surface area contributed by atoms with Crippen LogP contribution in [0.1, 0.15) is 55.8 Å². The van der Waals surface area contributed by atoms with Crippen molar-refractivity contribution in [3.05, 3.63) is 71.3 Å². The molecule has 4 nitrogen and oxygen atoms in total. The zero-order valence-electron chi connectivity index (χ0n) is 17.4. The monoisotopic (exact) mass is 391 g/mol. The second-order valence-electron chi connectivity index (χ2n) is 9.16. The molecule has 5 atom stereocenters. The molecular weight excluding hydrogens is 362 g/mol. The van der Waals surface area contributed by atoms with E-state index >= 15 is 0 Å². The number of nitrogens with zero attached hydrogens (tertiary/aromatic N) is 1. The lowest BCUT2D eigenvalue weighted by Crippen LogP contribution is -2.48. The minimum atomic E-state index is -0.612. The summed E-state index contributed by atoms with van der Waals surface area (Å²) < 4.78 is 11.9. The van der Waals surface area contributed by atoms with E-state index < -0.39 is 5.72 Å². The molecule has 0 bridgehead atoms. The smallest absolute Gasteiger partial charge is 0.229 e. The van der Waals surface area contributed by atoms with Crippen molar-refractivity contribution in [1.82, 2.24) is 4.90 Å². The molecule has 0 N–H and O–H groups in total. The predicted octanol–water partition coefficient (Wildman–Crippen LogP) is 4.46. The quantitative estimate of drug-likeness (QED) is 0.707. The molecule has 0 aromatic heterocycles. The SMILES string of the molecule is C[C@H](c1ccccc1)[C@H](C[C@H]1CO1)C(=O)N1[C@H]2c3ccccc3C[C@H]2OC1(C)C. The third-order valence-corrected chi connectivity index (χ3v) is 6.85. The molecule has 0 saturated carbocycles. The molecule has 2 aliphatic heterocycles. The van der Waals surface area contributed by atoms with Crippen LogP contribution in [0.25, 0.3) is 0 Å². The first-order valence-corrected chi connectivity index (χ1v) is 10.7. The summed E-state index contributed by atoms with van der Waals surface area (Å²) in [5.41, 5.74) is 3.13. The Morgan fingerprint density at radius 1 is 1.14 bits per heavy atom. The third-order valence-electron chi connectivity index (χ3n) is 6.85. The molecule has 2 aromatic carbocycles. The average molecular weight is 392 g/mol. The lowest BCUT2D eigenvalue weighted by molar-refractivity contribution is -0.153. The molecule has 1 amide bonds. The Bertz CT molecular complexity index is 905. The molecule has 2 saturated heterocycles. The summed E-state index contributed by atoms with van der Waals surface area (Å²) in [5.74, 6) is 0.185. The number of hydrogen-bond donors (Lipinski definition) is 0. The standard InChI is InChI=1S/C25H29NO3/c1-16(17-9-5-4-6-10-17)21(14-19-15-28-19)24(27)26-23-20-12-8-7-11-18(20)13-22(23)29-25(26,2)3/h4-12,16,19,21-23H,13-15H2,1-3H3/t16-,19+,21+,22-,23+/m1/s1. The molecule has 29 heavy (non-hydrogen) atoms. The first-order valence-electron chi connectivity index (χ1n) is 10.7. The Kier molecular flexibility index (Phi) is 4.52. The van der Waals surface area contributed by atoms with Crippen LogP contribution in [0.3, 0.4) is 0 Å². The minimum Gasteiger partial charge on any atom is -0.373 e. The van der Waals surface area contributed by atoms with E-state index in [1.807, 2.05) is 36.9 Å². The van der Waals surface area contributed by atoms with Gasteiger partial charge >= 0.3 is 0 Å². The zero-order valence-corrected chi connectivity index (χ0v) is 17.4. The first-order chi connectivity index (χ1) is 14.0. The van der Waals surface area contributed by atoms with Gasteiger partial charge in [-0.3, -0.25) is 4.79 Å². The van der Waals surface area contributed by atoms with E-state index in [1.54, 1.807) is 0 Å². The molecule has 4 heteroatoms. The third kappa shape index (κ3) is 3.28. The van der Waals surface area contributed by atoms with Gasteiger partial charge in [-0.25, -0.2) is 0 Å². The molecular formula is C25H29NO3. The van der Waals surface area contributed by atoms with Crippen molar-refractivity contribution < 1.29 is 14.3 Å². The number of carbonyl (C=O) groups is 1. The summed E-state index contributed by atoms with van der Waals surface area (Å²) >= 11 is 0. The van der Waals surface area contributed by atoms with Crippen molar-refractivity contribution in [2.75, 3.05) is 6.61 Å². The fraction of sp³-hybridized carbons (Fsp3) is 0.480. The lowest BCUT2D eigenvalue weighted by Gasteiger charge is -2.38. The Labute approximate surface area is 172 Å². The number of epoxide rings is 1. The zero-order chi connectivity index (χ0) is 20.2. The van der Waals surface area contributed by atoms with Crippen molar-refractivity contribution in [2.24, 2.45) is 5.92 Å². The molecule has 2 heterocycles. The van der Waals surface area contributed by atoms with Gasteiger partial charge in [-0.2, -0.15) is 0 Å². The number of rotatable bonds is 5. The summed E-state index contributed by atoms with van der Waals surface area (Å²) in [6.07, 6.45) is 1.88. The second kappa shape index (κ2) is 6.96. The van der Waals surface area contributed by atoms with Gasteiger partial charge in [0.05, 0.1) is 24.9 Å². The highest BCUT2D eigenvalue weighted by atomic mass is 16.6. The van der Waals surface area contributed by atoms with Gasteiger partial charge in [0, 0.05) is 12.3 Å². The van der Waals surface area contributed by atoms with Crippen molar-refractivity contribution in [3.8, 4) is 0 Å². The summed E-state index contributed by atoms with van der Waals surface area (Å²) in [5, 5.41) is 0. The van der Waals surface area contributed by atoms with Gasteiger partial charge in [-0.1, -0.05) is 61.5 Å². The van der Waals surface area contributed by atoms with Gasteiger partial charge < -0.3 is 14.4 Å². The van der Waals surface area contributed by atoms with Crippen LogP contribution in [0.4, 0.5) is 0 Å². The normalized spacial score (nSPS) is 28.5. The number of carbonyl (C=O) groups excluding carboxylic acids is 1. The number of fused-ring (bicyclic) bond motifs is 3.